The highest BCUT2D eigenvalue weighted by atomic mass is 16.3. The van der Waals surface area contributed by atoms with E-state index in [1.165, 1.54) is 11.6 Å². The molecule has 2 aromatic carbocycles. The molecule has 0 bridgehead atoms. The van der Waals surface area contributed by atoms with E-state index in [1.54, 1.807) is 12.1 Å². The molecule has 0 radical (unpaired) electrons. The Hall–Kier alpha value is -2.04. The van der Waals surface area contributed by atoms with Crippen LogP contribution in [0.2, 0.25) is 0 Å². The van der Waals surface area contributed by atoms with Crippen molar-refractivity contribution in [2.45, 2.75) is 12.6 Å². The van der Waals surface area contributed by atoms with Gasteiger partial charge in [-0.15, -0.1) is 0 Å². The summed E-state index contributed by atoms with van der Waals surface area (Å²) in [4.78, 5) is 2.12. The highest BCUT2D eigenvalue weighted by Gasteiger charge is 2.13. The molecule has 0 aliphatic carbocycles. The minimum absolute atomic E-state index is 0.0540. The van der Waals surface area contributed by atoms with Crippen molar-refractivity contribution in [2.75, 3.05) is 20.6 Å². The van der Waals surface area contributed by atoms with E-state index in [4.69, 9.17) is 0 Å². The van der Waals surface area contributed by atoms with Crippen molar-refractivity contribution >= 4 is 0 Å². The molecule has 0 spiro atoms. The van der Waals surface area contributed by atoms with Gasteiger partial charge in [0.05, 0.1) is 0 Å². The third-order valence-electron chi connectivity index (χ3n) is 3.39. The van der Waals surface area contributed by atoms with Gasteiger partial charge in [-0.2, -0.15) is 0 Å². The summed E-state index contributed by atoms with van der Waals surface area (Å²) in [6.07, 6.45) is 0. The van der Waals surface area contributed by atoms with Gasteiger partial charge in [0.2, 0.25) is 0 Å². The van der Waals surface area contributed by atoms with Crippen LogP contribution in [-0.2, 0) is 6.54 Å². The van der Waals surface area contributed by atoms with Gasteiger partial charge >= 0.3 is 0 Å². The second-order valence-corrected chi connectivity index (χ2v) is 5.39. The molecule has 2 rings (SSSR count). The molecule has 3 N–H and O–H groups in total. The molecule has 1 atom stereocenters. The van der Waals surface area contributed by atoms with Crippen molar-refractivity contribution in [3.05, 3.63) is 59.7 Å². The molecule has 2 aromatic rings. The Balaban J connectivity index is 2.11. The zero-order valence-corrected chi connectivity index (χ0v) is 12.5. The largest absolute Gasteiger partial charge is 0.504 e. The van der Waals surface area contributed by atoms with Crippen LogP contribution in [-0.4, -0.2) is 35.8 Å². The third-order valence-corrected chi connectivity index (χ3v) is 3.39. The summed E-state index contributed by atoms with van der Waals surface area (Å²) in [5, 5.41) is 22.8. The lowest BCUT2D eigenvalue weighted by atomic mass is 10.1. The van der Waals surface area contributed by atoms with Crippen molar-refractivity contribution < 1.29 is 10.2 Å². The zero-order valence-electron chi connectivity index (χ0n) is 12.5. The summed E-state index contributed by atoms with van der Waals surface area (Å²) in [6.45, 7) is 1.34. The number of phenolic OH excluding ortho intramolecular Hbond substituents is 2. The first-order valence-corrected chi connectivity index (χ1v) is 7.01. The topological polar surface area (TPSA) is 55.7 Å². The van der Waals surface area contributed by atoms with E-state index in [1.807, 2.05) is 32.3 Å². The summed E-state index contributed by atoms with van der Waals surface area (Å²) >= 11 is 0. The van der Waals surface area contributed by atoms with Gasteiger partial charge in [-0.05, 0) is 25.7 Å². The van der Waals surface area contributed by atoms with Crippen LogP contribution in [0.25, 0.3) is 0 Å². The van der Waals surface area contributed by atoms with Crippen LogP contribution in [0, 0.1) is 0 Å². The predicted molar refractivity (Wildman–Crippen MR) is 84.3 cm³/mol. The van der Waals surface area contributed by atoms with Crippen molar-refractivity contribution in [1.29, 1.82) is 0 Å². The van der Waals surface area contributed by atoms with Gasteiger partial charge in [-0.1, -0.05) is 42.5 Å². The maximum atomic E-state index is 9.86. The van der Waals surface area contributed by atoms with E-state index in [2.05, 4.69) is 22.3 Å². The number of phenols is 2. The molecular weight excluding hydrogens is 264 g/mol. The highest BCUT2D eigenvalue weighted by molar-refractivity contribution is 5.44. The number of aromatic hydroxyl groups is 2. The molecule has 0 saturated heterocycles. The predicted octanol–water partition coefficient (Wildman–Crippen LogP) is 2.49. The Morgan fingerprint density at radius 1 is 1.00 bits per heavy atom. The van der Waals surface area contributed by atoms with E-state index in [9.17, 15) is 10.2 Å². The quantitative estimate of drug-likeness (QED) is 0.714. The minimum atomic E-state index is -0.0850. The molecule has 0 fully saturated rings. The van der Waals surface area contributed by atoms with Gasteiger partial charge in [0.15, 0.2) is 11.5 Å². The monoisotopic (exact) mass is 286 g/mol. The van der Waals surface area contributed by atoms with Gasteiger partial charge in [0, 0.05) is 24.7 Å². The first-order chi connectivity index (χ1) is 10.1. The van der Waals surface area contributed by atoms with E-state index < -0.39 is 0 Å². The average Bonchev–Trinajstić information content (AvgIpc) is 2.48. The zero-order chi connectivity index (χ0) is 15.2. The molecule has 0 aliphatic heterocycles. The number of hydrogen-bond donors (Lipinski definition) is 3. The summed E-state index contributed by atoms with van der Waals surface area (Å²) in [7, 11) is 4.06. The number of nitrogens with one attached hydrogen (secondary N) is 1. The van der Waals surface area contributed by atoms with Crippen LogP contribution < -0.4 is 5.32 Å². The van der Waals surface area contributed by atoms with Gasteiger partial charge in [-0.3, -0.25) is 0 Å². The molecule has 1 unspecified atom stereocenters. The van der Waals surface area contributed by atoms with E-state index in [0.29, 0.717) is 12.1 Å². The molecule has 112 valence electrons. The fourth-order valence-corrected chi connectivity index (χ4v) is 2.29. The lowest BCUT2D eigenvalue weighted by Gasteiger charge is -2.23. The summed E-state index contributed by atoms with van der Waals surface area (Å²) in [5.74, 6) is -0.139. The molecule has 4 heteroatoms. The van der Waals surface area contributed by atoms with Gasteiger partial charge in [-0.25, -0.2) is 0 Å². The van der Waals surface area contributed by atoms with Gasteiger partial charge < -0.3 is 20.4 Å². The number of nitrogens with zero attached hydrogens (tertiary/aromatic N) is 1. The molecule has 0 amide bonds. The third kappa shape index (κ3) is 4.21. The molecular formula is C17H22N2O2. The standard InChI is InChI=1S/C17H22N2O2/c1-19(2)12-15(13-7-4-3-5-8-13)18-11-14-9-6-10-16(20)17(14)21/h3-10,15,18,20-21H,11-12H2,1-2H3. The average molecular weight is 286 g/mol. The van der Waals surface area contributed by atoms with E-state index in [-0.39, 0.29) is 17.5 Å². The second-order valence-electron chi connectivity index (χ2n) is 5.39. The SMILES string of the molecule is CN(C)CC(NCc1cccc(O)c1O)c1ccccc1. The van der Waals surface area contributed by atoms with E-state index in [0.717, 1.165) is 6.54 Å². The van der Waals surface area contributed by atoms with Crippen LogP contribution in [0.4, 0.5) is 0 Å². The van der Waals surface area contributed by atoms with Crippen LogP contribution in [0.1, 0.15) is 17.2 Å². The lowest BCUT2D eigenvalue weighted by molar-refractivity contribution is 0.338. The van der Waals surface area contributed by atoms with Crippen LogP contribution in [0.15, 0.2) is 48.5 Å². The van der Waals surface area contributed by atoms with Crippen LogP contribution in [0.3, 0.4) is 0 Å². The maximum Gasteiger partial charge on any atom is 0.161 e. The van der Waals surface area contributed by atoms with Crippen LogP contribution in [0.5, 0.6) is 11.5 Å². The summed E-state index contributed by atoms with van der Waals surface area (Å²) in [5.41, 5.74) is 1.89. The Morgan fingerprint density at radius 2 is 1.71 bits per heavy atom. The van der Waals surface area contributed by atoms with Crippen molar-refractivity contribution in [3.63, 3.8) is 0 Å². The summed E-state index contributed by atoms with van der Waals surface area (Å²) < 4.78 is 0. The van der Waals surface area contributed by atoms with Crippen molar-refractivity contribution in [3.8, 4) is 11.5 Å². The number of hydrogen-bond acceptors (Lipinski definition) is 4. The van der Waals surface area contributed by atoms with E-state index >= 15 is 0 Å². The molecule has 0 aliphatic rings. The van der Waals surface area contributed by atoms with Gasteiger partial charge in [0.1, 0.15) is 0 Å². The molecule has 21 heavy (non-hydrogen) atoms. The fraction of sp³-hybridized carbons (Fsp3) is 0.294. The smallest absolute Gasteiger partial charge is 0.161 e. The maximum absolute atomic E-state index is 9.86. The molecule has 0 heterocycles. The molecule has 0 saturated carbocycles. The summed E-state index contributed by atoms with van der Waals surface area (Å²) in [6, 6.07) is 15.4. The fourth-order valence-electron chi connectivity index (χ4n) is 2.29. The normalized spacial score (nSPS) is 12.5. The Bertz CT molecular complexity index is 570. The molecule has 0 aromatic heterocycles. The van der Waals surface area contributed by atoms with Crippen molar-refractivity contribution in [1.82, 2.24) is 10.2 Å². The lowest BCUT2D eigenvalue weighted by Crippen LogP contribution is -2.30. The van der Waals surface area contributed by atoms with Crippen LogP contribution >= 0.6 is 0 Å². The minimum Gasteiger partial charge on any atom is -0.504 e. The second kappa shape index (κ2) is 7.11. The Morgan fingerprint density at radius 3 is 2.38 bits per heavy atom. The first kappa shape index (κ1) is 15.4. The number of rotatable bonds is 6. The Labute approximate surface area is 125 Å². The van der Waals surface area contributed by atoms with Crippen molar-refractivity contribution in [2.24, 2.45) is 0 Å². The number of likely N-dealkylation sites (N-methyl/N-ethyl adjacent to an activating group) is 1. The molecule has 4 nitrogen and oxygen atoms in total. The first-order valence-electron chi connectivity index (χ1n) is 7.01. The number of benzene rings is 2. The highest BCUT2D eigenvalue weighted by Crippen LogP contribution is 2.28. The van der Waals surface area contributed by atoms with Gasteiger partial charge in [0.25, 0.3) is 0 Å². The number of para-hydroxylation sites is 1. The Kier molecular flexibility index (Phi) is 5.20.